The molecule has 23 heavy (non-hydrogen) atoms. The van der Waals surface area contributed by atoms with Crippen LogP contribution in [0, 0.1) is 0 Å². The van der Waals surface area contributed by atoms with Crippen LogP contribution < -0.4 is 0 Å². The van der Waals surface area contributed by atoms with Crippen molar-refractivity contribution < 1.29 is 9.90 Å². The highest BCUT2D eigenvalue weighted by Gasteiger charge is 2.34. The van der Waals surface area contributed by atoms with Gasteiger partial charge in [0.15, 0.2) is 0 Å². The smallest absolute Gasteiger partial charge is 0.222 e. The van der Waals surface area contributed by atoms with Crippen molar-refractivity contribution in [2.24, 2.45) is 0 Å². The Bertz CT molecular complexity index is 514. The fourth-order valence-corrected chi connectivity index (χ4v) is 3.24. The predicted molar refractivity (Wildman–Crippen MR) is 89.9 cm³/mol. The first-order valence-corrected chi connectivity index (χ1v) is 8.58. The molecule has 0 aromatic carbocycles. The van der Waals surface area contributed by atoms with Gasteiger partial charge in [-0.25, -0.2) is 4.98 Å². The first kappa shape index (κ1) is 17.9. The summed E-state index contributed by atoms with van der Waals surface area (Å²) in [6.07, 6.45) is 7.61. The highest BCUT2D eigenvalue weighted by atomic mass is 16.3. The molecule has 1 atom stereocenters. The second-order valence-electron chi connectivity index (χ2n) is 6.86. The maximum atomic E-state index is 11.8. The van der Waals surface area contributed by atoms with Crippen LogP contribution in [0.3, 0.4) is 0 Å². The minimum absolute atomic E-state index is 0.0778. The van der Waals surface area contributed by atoms with Crippen LogP contribution in [-0.4, -0.2) is 63.2 Å². The van der Waals surface area contributed by atoms with Crippen molar-refractivity contribution in [3.05, 3.63) is 18.2 Å². The van der Waals surface area contributed by atoms with Crippen LogP contribution in [-0.2, 0) is 17.9 Å². The molecule has 1 aliphatic rings. The molecular formula is C17H30N4O2. The van der Waals surface area contributed by atoms with E-state index < -0.39 is 5.60 Å². The molecule has 0 bridgehead atoms. The molecule has 2 heterocycles. The van der Waals surface area contributed by atoms with Crippen LogP contribution in [0.4, 0.5) is 0 Å². The number of aromatic nitrogens is 2. The summed E-state index contributed by atoms with van der Waals surface area (Å²) in [4.78, 5) is 20.1. The molecular weight excluding hydrogens is 292 g/mol. The van der Waals surface area contributed by atoms with Crippen molar-refractivity contribution in [3.63, 3.8) is 0 Å². The fourth-order valence-electron chi connectivity index (χ4n) is 3.24. The molecule has 0 aliphatic carbocycles. The number of hydrogen-bond donors (Lipinski definition) is 1. The molecule has 130 valence electrons. The van der Waals surface area contributed by atoms with Gasteiger partial charge in [-0.2, -0.15) is 0 Å². The highest BCUT2D eigenvalue weighted by Crippen LogP contribution is 2.27. The van der Waals surface area contributed by atoms with Crippen molar-refractivity contribution in [1.82, 2.24) is 19.4 Å². The van der Waals surface area contributed by atoms with Crippen LogP contribution in [0.15, 0.2) is 12.4 Å². The molecule has 6 nitrogen and oxygen atoms in total. The van der Waals surface area contributed by atoms with Crippen molar-refractivity contribution in [2.45, 2.75) is 57.7 Å². The molecule has 1 fully saturated rings. The summed E-state index contributed by atoms with van der Waals surface area (Å²) in [6, 6.07) is 0. The third-order valence-electron chi connectivity index (χ3n) is 4.57. The van der Waals surface area contributed by atoms with Crippen molar-refractivity contribution in [2.75, 3.05) is 27.2 Å². The number of hydrogen-bond acceptors (Lipinski definition) is 4. The van der Waals surface area contributed by atoms with E-state index in [2.05, 4.69) is 21.4 Å². The lowest BCUT2D eigenvalue weighted by Crippen LogP contribution is -2.48. The first-order valence-electron chi connectivity index (χ1n) is 8.58. The number of aryl methyl sites for hydroxylation is 1. The van der Waals surface area contributed by atoms with E-state index in [1.807, 2.05) is 12.4 Å². The summed E-state index contributed by atoms with van der Waals surface area (Å²) in [6.45, 7) is 5.49. The Morgan fingerprint density at radius 2 is 2.26 bits per heavy atom. The van der Waals surface area contributed by atoms with Gasteiger partial charge in [0.25, 0.3) is 0 Å². The number of aliphatic hydroxyl groups is 1. The van der Waals surface area contributed by atoms with Gasteiger partial charge in [-0.1, -0.05) is 6.92 Å². The van der Waals surface area contributed by atoms with Crippen molar-refractivity contribution in [3.8, 4) is 0 Å². The summed E-state index contributed by atoms with van der Waals surface area (Å²) in [5.74, 6) is 1.13. The van der Waals surface area contributed by atoms with Gasteiger partial charge in [0.2, 0.25) is 5.91 Å². The van der Waals surface area contributed by atoms with Crippen LogP contribution in [0.1, 0.15) is 44.9 Å². The molecule has 2 rings (SSSR count). The highest BCUT2D eigenvalue weighted by molar-refractivity contribution is 5.75. The quantitative estimate of drug-likeness (QED) is 0.826. The van der Waals surface area contributed by atoms with E-state index >= 15 is 0 Å². The van der Waals surface area contributed by atoms with E-state index in [1.165, 1.54) is 0 Å². The maximum Gasteiger partial charge on any atom is 0.222 e. The van der Waals surface area contributed by atoms with E-state index in [0.29, 0.717) is 19.4 Å². The number of likely N-dealkylation sites (tertiary alicyclic amines) is 1. The molecule has 1 amide bonds. The summed E-state index contributed by atoms with van der Waals surface area (Å²) < 4.78 is 2.18. The third-order valence-corrected chi connectivity index (χ3v) is 4.57. The molecule has 1 aliphatic heterocycles. The van der Waals surface area contributed by atoms with E-state index in [9.17, 15) is 9.90 Å². The lowest BCUT2D eigenvalue weighted by molar-refractivity contribution is -0.131. The first-order chi connectivity index (χ1) is 10.9. The van der Waals surface area contributed by atoms with Crippen molar-refractivity contribution >= 4 is 5.91 Å². The largest absolute Gasteiger partial charge is 0.389 e. The summed E-state index contributed by atoms with van der Waals surface area (Å²) in [5, 5.41) is 10.8. The zero-order valence-corrected chi connectivity index (χ0v) is 14.7. The SMILES string of the molecule is CCCn1ccnc1CN1CCCC(O)(CCC(=O)N(C)C)C1. The number of amides is 1. The van der Waals surface area contributed by atoms with Gasteiger partial charge in [0, 0.05) is 46.0 Å². The molecule has 0 spiro atoms. The Kier molecular flexibility index (Phi) is 6.18. The third kappa shape index (κ3) is 5.04. The normalized spacial score (nSPS) is 22.3. The lowest BCUT2D eigenvalue weighted by atomic mass is 9.88. The summed E-state index contributed by atoms with van der Waals surface area (Å²) >= 11 is 0. The molecule has 0 saturated carbocycles. The van der Waals surface area contributed by atoms with Gasteiger partial charge in [-0.05, 0) is 32.2 Å². The lowest BCUT2D eigenvalue weighted by Gasteiger charge is -2.39. The van der Waals surface area contributed by atoms with E-state index in [1.54, 1.807) is 19.0 Å². The molecule has 1 aromatic rings. The number of β-amino-alcohol motifs (C(OH)–C–C–N with tert-alkyl or cyclic N) is 1. The standard InChI is InChI=1S/C17H30N4O2/c1-4-10-21-12-9-18-15(21)13-20-11-5-7-17(23,14-20)8-6-16(22)19(2)3/h9,12,23H,4-8,10-11,13-14H2,1-3H3. The monoisotopic (exact) mass is 322 g/mol. The topological polar surface area (TPSA) is 61.6 Å². The zero-order valence-electron chi connectivity index (χ0n) is 14.7. The number of rotatable bonds is 7. The average molecular weight is 322 g/mol. The second-order valence-corrected chi connectivity index (χ2v) is 6.86. The summed E-state index contributed by atoms with van der Waals surface area (Å²) in [5.41, 5.74) is -0.758. The Labute approximate surface area is 139 Å². The Balaban J connectivity index is 1.91. The van der Waals surface area contributed by atoms with Crippen LogP contribution >= 0.6 is 0 Å². The van der Waals surface area contributed by atoms with Crippen LogP contribution in [0.25, 0.3) is 0 Å². The Hall–Kier alpha value is -1.40. The van der Waals surface area contributed by atoms with Gasteiger partial charge in [-0.15, -0.1) is 0 Å². The van der Waals surface area contributed by atoms with Crippen molar-refractivity contribution in [1.29, 1.82) is 0 Å². The predicted octanol–water partition coefficient (Wildman–Crippen LogP) is 1.49. The fraction of sp³-hybridized carbons (Fsp3) is 0.765. The maximum absolute atomic E-state index is 11.8. The molecule has 1 unspecified atom stereocenters. The number of carbonyl (C=O) groups excluding carboxylic acids is 1. The Morgan fingerprint density at radius 1 is 1.48 bits per heavy atom. The number of piperidine rings is 1. The molecule has 1 aromatic heterocycles. The van der Waals surface area contributed by atoms with Gasteiger partial charge in [0.05, 0.1) is 12.1 Å². The van der Waals surface area contributed by atoms with E-state index in [-0.39, 0.29) is 5.91 Å². The van der Waals surface area contributed by atoms with Crippen LogP contribution in [0.2, 0.25) is 0 Å². The van der Waals surface area contributed by atoms with E-state index in [0.717, 1.165) is 44.7 Å². The minimum Gasteiger partial charge on any atom is -0.389 e. The summed E-state index contributed by atoms with van der Waals surface area (Å²) in [7, 11) is 3.51. The van der Waals surface area contributed by atoms with Gasteiger partial charge in [0.1, 0.15) is 5.82 Å². The second kappa shape index (κ2) is 7.93. The van der Waals surface area contributed by atoms with Gasteiger partial charge < -0.3 is 14.6 Å². The van der Waals surface area contributed by atoms with Gasteiger partial charge >= 0.3 is 0 Å². The molecule has 1 saturated heterocycles. The number of carbonyl (C=O) groups is 1. The molecule has 0 radical (unpaired) electrons. The molecule has 1 N–H and O–H groups in total. The number of imidazole rings is 1. The van der Waals surface area contributed by atoms with Crippen LogP contribution in [0.5, 0.6) is 0 Å². The molecule has 6 heteroatoms. The van der Waals surface area contributed by atoms with Gasteiger partial charge in [-0.3, -0.25) is 9.69 Å². The minimum atomic E-state index is -0.758. The van der Waals surface area contributed by atoms with E-state index in [4.69, 9.17) is 0 Å². The zero-order chi connectivity index (χ0) is 16.9. The number of nitrogens with zero attached hydrogens (tertiary/aromatic N) is 4. The average Bonchev–Trinajstić information content (AvgIpc) is 2.92. The Morgan fingerprint density at radius 3 is 2.96 bits per heavy atom.